The van der Waals surface area contributed by atoms with E-state index in [9.17, 15) is 9.59 Å². The molecule has 164 valence electrons. The highest BCUT2D eigenvalue weighted by molar-refractivity contribution is 7.21. The van der Waals surface area contributed by atoms with Gasteiger partial charge in [-0.3, -0.25) is 9.48 Å². The van der Waals surface area contributed by atoms with Crippen molar-refractivity contribution >= 4 is 62.2 Å². The van der Waals surface area contributed by atoms with Gasteiger partial charge in [0.05, 0.1) is 35.1 Å². The van der Waals surface area contributed by atoms with Crippen LogP contribution in [0.4, 0.5) is 5.69 Å². The van der Waals surface area contributed by atoms with E-state index in [1.165, 1.54) is 18.4 Å². The number of ether oxygens (including phenoxy) is 1. The lowest BCUT2D eigenvalue weighted by atomic mass is 10.1. The van der Waals surface area contributed by atoms with Crippen LogP contribution in [-0.4, -0.2) is 28.8 Å². The summed E-state index contributed by atoms with van der Waals surface area (Å²) in [6, 6.07) is 12.7. The number of anilines is 1. The molecule has 1 amide bonds. The van der Waals surface area contributed by atoms with Crippen molar-refractivity contribution in [3.05, 3.63) is 79.9 Å². The van der Waals surface area contributed by atoms with Crippen molar-refractivity contribution in [2.75, 3.05) is 12.4 Å². The zero-order valence-electron chi connectivity index (χ0n) is 17.5. The zero-order valence-corrected chi connectivity index (χ0v) is 19.9. The number of rotatable bonds is 5. The molecule has 0 unspecified atom stereocenters. The molecule has 1 N–H and O–H groups in total. The third-order valence-electron chi connectivity index (χ3n) is 5.07. The molecule has 0 aliphatic carbocycles. The Morgan fingerprint density at radius 1 is 1.12 bits per heavy atom. The van der Waals surface area contributed by atoms with Gasteiger partial charge in [-0.2, -0.15) is 5.10 Å². The SMILES string of the molecule is COC(=O)c1sc2cc(NC(=O)c3cccc(Cn4nc(C)c(Cl)c4C)c3)ccc2c1Cl. The average molecular weight is 488 g/mol. The number of aromatic nitrogens is 2. The summed E-state index contributed by atoms with van der Waals surface area (Å²) >= 11 is 13.8. The lowest BCUT2D eigenvalue weighted by Gasteiger charge is -2.09. The second-order valence-electron chi connectivity index (χ2n) is 7.24. The van der Waals surface area contributed by atoms with Gasteiger partial charge in [-0.25, -0.2) is 4.79 Å². The van der Waals surface area contributed by atoms with Crippen molar-refractivity contribution < 1.29 is 14.3 Å². The van der Waals surface area contributed by atoms with Gasteiger partial charge < -0.3 is 10.1 Å². The number of amides is 1. The second kappa shape index (κ2) is 8.94. The number of methoxy groups -OCH3 is 1. The van der Waals surface area contributed by atoms with Crippen LogP contribution in [0.2, 0.25) is 10.0 Å². The molecule has 0 radical (unpaired) electrons. The van der Waals surface area contributed by atoms with Crippen LogP contribution in [0, 0.1) is 13.8 Å². The number of hydrogen-bond acceptors (Lipinski definition) is 5. The number of halogens is 2. The summed E-state index contributed by atoms with van der Waals surface area (Å²) in [5, 5.41) is 9.09. The molecule has 0 aliphatic rings. The molecule has 0 saturated heterocycles. The lowest BCUT2D eigenvalue weighted by Crippen LogP contribution is -2.12. The second-order valence-corrected chi connectivity index (χ2v) is 9.05. The molecule has 0 saturated carbocycles. The molecule has 0 atom stereocenters. The van der Waals surface area contributed by atoms with Crippen molar-refractivity contribution in [1.29, 1.82) is 0 Å². The molecule has 32 heavy (non-hydrogen) atoms. The van der Waals surface area contributed by atoms with E-state index in [0.29, 0.717) is 32.7 Å². The zero-order chi connectivity index (χ0) is 23.0. The summed E-state index contributed by atoms with van der Waals surface area (Å²) in [5.74, 6) is -0.726. The van der Waals surface area contributed by atoms with E-state index < -0.39 is 5.97 Å². The number of carbonyl (C=O) groups excluding carboxylic acids is 2. The summed E-state index contributed by atoms with van der Waals surface area (Å²) in [5.41, 5.74) is 3.72. The van der Waals surface area contributed by atoms with Crippen LogP contribution < -0.4 is 5.32 Å². The highest BCUT2D eigenvalue weighted by Crippen LogP contribution is 2.37. The van der Waals surface area contributed by atoms with E-state index in [2.05, 4.69) is 10.4 Å². The Morgan fingerprint density at radius 2 is 1.91 bits per heavy atom. The van der Waals surface area contributed by atoms with Crippen LogP contribution in [0.3, 0.4) is 0 Å². The van der Waals surface area contributed by atoms with Crippen LogP contribution in [0.15, 0.2) is 42.5 Å². The monoisotopic (exact) mass is 487 g/mol. The summed E-state index contributed by atoms with van der Waals surface area (Å²) in [6.45, 7) is 4.29. The van der Waals surface area contributed by atoms with Crippen LogP contribution >= 0.6 is 34.5 Å². The van der Waals surface area contributed by atoms with Crippen molar-refractivity contribution in [2.45, 2.75) is 20.4 Å². The molecule has 6 nitrogen and oxygen atoms in total. The first-order valence-corrected chi connectivity index (χ1v) is 11.3. The van der Waals surface area contributed by atoms with E-state index in [4.69, 9.17) is 27.9 Å². The highest BCUT2D eigenvalue weighted by atomic mass is 35.5. The van der Waals surface area contributed by atoms with Crippen LogP contribution in [0.25, 0.3) is 10.1 Å². The topological polar surface area (TPSA) is 73.2 Å². The quantitative estimate of drug-likeness (QED) is 0.344. The first-order valence-electron chi connectivity index (χ1n) is 9.68. The number of thiophene rings is 1. The number of nitrogens with zero attached hydrogens (tertiary/aromatic N) is 2. The fraction of sp³-hybridized carbons (Fsp3) is 0.174. The fourth-order valence-electron chi connectivity index (χ4n) is 3.38. The molecule has 9 heteroatoms. The van der Waals surface area contributed by atoms with Gasteiger partial charge in [-0.15, -0.1) is 11.3 Å². The minimum absolute atomic E-state index is 0.242. The summed E-state index contributed by atoms with van der Waals surface area (Å²) in [6.07, 6.45) is 0. The smallest absolute Gasteiger partial charge is 0.349 e. The number of nitrogens with one attached hydrogen (secondary N) is 1. The molecule has 2 heterocycles. The number of esters is 1. The number of benzene rings is 2. The van der Waals surface area contributed by atoms with Gasteiger partial charge >= 0.3 is 5.97 Å². The maximum absolute atomic E-state index is 12.9. The Bertz CT molecular complexity index is 1360. The van der Waals surface area contributed by atoms with Gasteiger partial charge in [0.25, 0.3) is 5.91 Å². The minimum atomic E-state index is -0.484. The van der Waals surface area contributed by atoms with Gasteiger partial charge in [0.15, 0.2) is 0 Å². The van der Waals surface area contributed by atoms with Crippen molar-refractivity contribution in [3.8, 4) is 0 Å². The number of aryl methyl sites for hydroxylation is 1. The summed E-state index contributed by atoms with van der Waals surface area (Å²) < 4.78 is 7.37. The first-order chi connectivity index (χ1) is 15.3. The Kier molecular flexibility index (Phi) is 6.24. The predicted molar refractivity (Wildman–Crippen MR) is 128 cm³/mol. The summed E-state index contributed by atoms with van der Waals surface area (Å²) in [7, 11) is 1.31. The molecular weight excluding hydrogens is 469 g/mol. The average Bonchev–Trinajstić information content (AvgIpc) is 3.24. The number of carbonyl (C=O) groups is 2. The summed E-state index contributed by atoms with van der Waals surface area (Å²) in [4.78, 5) is 25.1. The van der Waals surface area contributed by atoms with Crippen molar-refractivity contribution in [3.63, 3.8) is 0 Å². The molecule has 4 aromatic rings. The molecule has 2 aromatic carbocycles. The first kappa shape index (κ1) is 22.3. The molecule has 4 rings (SSSR count). The molecule has 2 aromatic heterocycles. The Morgan fingerprint density at radius 3 is 2.59 bits per heavy atom. The molecule has 0 spiro atoms. The predicted octanol–water partition coefficient (Wildman–Crippen LogP) is 6.11. The van der Waals surface area contributed by atoms with Gasteiger partial charge in [0.1, 0.15) is 4.88 Å². The highest BCUT2D eigenvalue weighted by Gasteiger charge is 2.18. The van der Waals surface area contributed by atoms with E-state index in [0.717, 1.165) is 27.0 Å². The third kappa shape index (κ3) is 4.24. The molecule has 0 fully saturated rings. The Labute approximate surface area is 198 Å². The largest absolute Gasteiger partial charge is 0.465 e. The number of hydrogen-bond donors (Lipinski definition) is 1. The van der Waals surface area contributed by atoms with Crippen molar-refractivity contribution in [1.82, 2.24) is 9.78 Å². The molecular formula is C23H19Cl2N3O3S. The molecule has 0 bridgehead atoms. The van der Waals surface area contributed by atoms with Crippen LogP contribution in [-0.2, 0) is 11.3 Å². The van der Waals surface area contributed by atoms with E-state index >= 15 is 0 Å². The maximum Gasteiger partial charge on any atom is 0.349 e. The standard InChI is InChI=1S/C23H19Cl2N3O3S/c1-12-19(24)13(2)28(27-12)11-14-5-4-6-15(9-14)22(29)26-16-7-8-17-18(10-16)32-21(20(17)25)23(30)31-3/h4-10H,11H2,1-3H3,(H,26,29). The minimum Gasteiger partial charge on any atom is -0.465 e. The fourth-order valence-corrected chi connectivity index (χ4v) is 4.98. The molecule has 0 aliphatic heterocycles. The number of fused-ring (bicyclic) bond motifs is 1. The van der Waals surface area contributed by atoms with Crippen molar-refractivity contribution in [2.24, 2.45) is 0 Å². The lowest BCUT2D eigenvalue weighted by molar-refractivity contribution is 0.0606. The third-order valence-corrected chi connectivity index (χ3v) is 7.26. The normalized spacial score (nSPS) is 11.0. The van der Waals surface area contributed by atoms with E-state index in [1.807, 2.05) is 36.7 Å². The van der Waals surface area contributed by atoms with Gasteiger partial charge in [0.2, 0.25) is 0 Å². The Hall–Kier alpha value is -2.87. The maximum atomic E-state index is 12.9. The van der Waals surface area contributed by atoms with Crippen LogP contribution in [0.5, 0.6) is 0 Å². The van der Waals surface area contributed by atoms with E-state index in [-0.39, 0.29) is 5.91 Å². The Balaban J connectivity index is 1.55. The van der Waals surface area contributed by atoms with Crippen LogP contribution in [0.1, 0.15) is 37.0 Å². The van der Waals surface area contributed by atoms with E-state index in [1.54, 1.807) is 24.3 Å². The van der Waals surface area contributed by atoms with Gasteiger partial charge in [-0.1, -0.05) is 35.3 Å². The van der Waals surface area contributed by atoms with Gasteiger partial charge in [0, 0.05) is 21.3 Å². The van der Waals surface area contributed by atoms with Gasteiger partial charge in [-0.05, 0) is 49.7 Å².